The summed E-state index contributed by atoms with van der Waals surface area (Å²) < 4.78 is 40.5. The highest BCUT2D eigenvalue weighted by atomic mass is 32.2. The van der Waals surface area contributed by atoms with Crippen molar-refractivity contribution >= 4 is 15.7 Å². The zero-order valence-electron chi connectivity index (χ0n) is 17.3. The lowest BCUT2D eigenvalue weighted by molar-refractivity contribution is 0.222. The van der Waals surface area contributed by atoms with E-state index in [2.05, 4.69) is 14.8 Å². The Kier molecular flexibility index (Phi) is 5.51. The Bertz CT molecular complexity index is 1260. The number of aromatic nitrogens is 3. The molecule has 2 aromatic heterocycles. The van der Waals surface area contributed by atoms with E-state index >= 15 is 0 Å². The number of nitrogens with one attached hydrogen (secondary N) is 1. The number of sulfonamides is 1. The van der Waals surface area contributed by atoms with Crippen molar-refractivity contribution < 1.29 is 17.6 Å². The van der Waals surface area contributed by atoms with E-state index in [4.69, 9.17) is 9.15 Å². The van der Waals surface area contributed by atoms with E-state index in [0.717, 1.165) is 5.56 Å². The van der Waals surface area contributed by atoms with Crippen LogP contribution in [-0.4, -0.2) is 29.3 Å². The third-order valence-corrected chi connectivity index (χ3v) is 5.76. The predicted octanol–water partition coefficient (Wildman–Crippen LogP) is 4.42. The van der Waals surface area contributed by atoms with Crippen LogP contribution in [0.2, 0.25) is 0 Å². The third kappa shape index (κ3) is 4.61. The van der Waals surface area contributed by atoms with Crippen LogP contribution in [0.3, 0.4) is 0 Å². The van der Waals surface area contributed by atoms with Crippen LogP contribution in [0.25, 0.3) is 17.3 Å². The van der Waals surface area contributed by atoms with Crippen molar-refractivity contribution in [3.8, 4) is 23.3 Å². The van der Waals surface area contributed by atoms with Gasteiger partial charge in [-0.05, 0) is 69.3 Å². The van der Waals surface area contributed by atoms with Crippen LogP contribution in [0.4, 0.5) is 5.69 Å². The van der Waals surface area contributed by atoms with Gasteiger partial charge in [-0.3, -0.25) is 4.72 Å². The highest BCUT2D eigenvalue weighted by molar-refractivity contribution is 7.92. The number of hydrogen-bond acceptors (Lipinski definition) is 6. The molecule has 2 heterocycles. The molecule has 9 heteroatoms. The summed E-state index contributed by atoms with van der Waals surface area (Å²) >= 11 is 0. The number of hydrogen-bond donors (Lipinski definition) is 1. The summed E-state index contributed by atoms with van der Waals surface area (Å²) in [7, 11) is -3.68. The molecule has 0 aliphatic rings. The van der Waals surface area contributed by atoms with Gasteiger partial charge in [-0.25, -0.2) is 13.1 Å². The standard InChI is InChI=1S/C22H22N4O4S/c1-15(2)30-22-23-21(20-5-4-14-29-20)26(24-22)18-10-8-17(9-11-18)25-31(27,28)19-12-6-16(3)7-13-19/h4-15,25H,1-3H3. The molecule has 0 amide bonds. The molecule has 0 saturated carbocycles. The van der Waals surface area contributed by atoms with Crippen LogP contribution in [-0.2, 0) is 10.0 Å². The van der Waals surface area contributed by atoms with Gasteiger partial charge < -0.3 is 9.15 Å². The molecule has 0 aliphatic heterocycles. The van der Waals surface area contributed by atoms with Gasteiger partial charge in [0.05, 0.1) is 22.9 Å². The fraction of sp³-hybridized carbons (Fsp3) is 0.182. The fourth-order valence-electron chi connectivity index (χ4n) is 2.90. The van der Waals surface area contributed by atoms with E-state index in [0.29, 0.717) is 23.0 Å². The second-order valence-corrected chi connectivity index (χ2v) is 8.92. The normalized spacial score (nSPS) is 11.6. The van der Waals surface area contributed by atoms with E-state index in [1.165, 1.54) is 0 Å². The first kappa shape index (κ1) is 20.7. The van der Waals surface area contributed by atoms with Crippen molar-refractivity contribution in [1.29, 1.82) is 0 Å². The van der Waals surface area contributed by atoms with Gasteiger partial charge in [0.15, 0.2) is 5.76 Å². The number of aryl methyl sites for hydroxylation is 1. The van der Waals surface area contributed by atoms with Gasteiger partial charge in [-0.1, -0.05) is 17.7 Å². The minimum absolute atomic E-state index is 0.0844. The molecular weight excluding hydrogens is 416 g/mol. The summed E-state index contributed by atoms with van der Waals surface area (Å²) in [6.07, 6.45) is 1.47. The third-order valence-electron chi connectivity index (χ3n) is 4.37. The monoisotopic (exact) mass is 438 g/mol. The summed E-state index contributed by atoms with van der Waals surface area (Å²) in [5.41, 5.74) is 2.10. The first-order valence-corrected chi connectivity index (χ1v) is 11.2. The zero-order chi connectivity index (χ0) is 22.0. The second kappa shape index (κ2) is 8.27. The predicted molar refractivity (Wildman–Crippen MR) is 117 cm³/mol. The number of nitrogens with zero attached hydrogens (tertiary/aromatic N) is 3. The molecule has 0 spiro atoms. The minimum atomic E-state index is -3.68. The number of anilines is 1. The van der Waals surface area contributed by atoms with E-state index in [-0.39, 0.29) is 17.0 Å². The minimum Gasteiger partial charge on any atom is -0.461 e. The molecule has 31 heavy (non-hydrogen) atoms. The van der Waals surface area contributed by atoms with Crippen molar-refractivity contribution in [1.82, 2.24) is 14.8 Å². The number of ether oxygens (including phenoxy) is 1. The van der Waals surface area contributed by atoms with Crippen LogP contribution in [0.5, 0.6) is 6.01 Å². The molecule has 0 radical (unpaired) electrons. The Morgan fingerprint density at radius 2 is 1.74 bits per heavy atom. The Hall–Kier alpha value is -3.59. The molecule has 8 nitrogen and oxygen atoms in total. The van der Waals surface area contributed by atoms with Crippen molar-refractivity contribution in [2.45, 2.75) is 31.8 Å². The highest BCUT2D eigenvalue weighted by Gasteiger charge is 2.18. The molecule has 4 aromatic rings. The molecule has 1 N–H and O–H groups in total. The summed E-state index contributed by atoms with van der Waals surface area (Å²) in [6.45, 7) is 5.69. The van der Waals surface area contributed by atoms with Gasteiger partial charge in [0, 0.05) is 5.69 Å². The first-order chi connectivity index (χ1) is 14.8. The quantitative estimate of drug-likeness (QED) is 0.458. The lowest BCUT2D eigenvalue weighted by atomic mass is 10.2. The molecule has 0 saturated heterocycles. The Balaban J connectivity index is 1.62. The van der Waals surface area contributed by atoms with Crippen molar-refractivity contribution in [2.75, 3.05) is 4.72 Å². The molecular formula is C22H22N4O4S. The number of benzene rings is 2. The summed E-state index contributed by atoms with van der Waals surface area (Å²) in [4.78, 5) is 4.62. The molecule has 0 aliphatic carbocycles. The highest BCUT2D eigenvalue weighted by Crippen LogP contribution is 2.25. The number of rotatable bonds is 7. The summed E-state index contributed by atoms with van der Waals surface area (Å²) in [5.74, 6) is 1.02. The van der Waals surface area contributed by atoms with E-state index in [1.54, 1.807) is 71.6 Å². The van der Waals surface area contributed by atoms with Crippen LogP contribution < -0.4 is 9.46 Å². The van der Waals surface area contributed by atoms with Gasteiger partial charge >= 0.3 is 6.01 Å². The Morgan fingerprint density at radius 3 is 2.35 bits per heavy atom. The lowest BCUT2D eigenvalue weighted by Crippen LogP contribution is -2.13. The van der Waals surface area contributed by atoms with Gasteiger partial charge in [-0.2, -0.15) is 4.98 Å². The molecule has 0 bridgehead atoms. The largest absolute Gasteiger partial charge is 0.461 e. The average molecular weight is 439 g/mol. The maximum Gasteiger partial charge on any atom is 0.336 e. The van der Waals surface area contributed by atoms with Crippen LogP contribution >= 0.6 is 0 Å². The SMILES string of the molecule is Cc1ccc(S(=O)(=O)Nc2ccc(-n3nc(OC(C)C)nc3-c3ccco3)cc2)cc1. The van der Waals surface area contributed by atoms with Crippen molar-refractivity contribution in [3.63, 3.8) is 0 Å². The maximum atomic E-state index is 12.6. The summed E-state index contributed by atoms with van der Waals surface area (Å²) in [5, 5.41) is 4.42. The molecule has 0 atom stereocenters. The lowest BCUT2D eigenvalue weighted by Gasteiger charge is -2.10. The van der Waals surface area contributed by atoms with E-state index < -0.39 is 10.0 Å². The number of furan rings is 1. The first-order valence-electron chi connectivity index (χ1n) is 9.69. The van der Waals surface area contributed by atoms with Gasteiger partial charge in [0.2, 0.25) is 5.82 Å². The van der Waals surface area contributed by atoms with E-state index in [9.17, 15) is 8.42 Å². The van der Waals surface area contributed by atoms with Crippen LogP contribution in [0, 0.1) is 6.92 Å². The zero-order valence-corrected chi connectivity index (χ0v) is 18.1. The second-order valence-electron chi connectivity index (χ2n) is 7.24. The van der Waals surface area contributed by atoms with Crippen LogP contribution in [0.1, 0.15) is 19.4 Å². The topological polar surface area (TPSA) is 99.2 Å². The van der Waals surface area contributed by atoms with Crippen LogP contribution in [0.15, 0.2) is 76.2 Å². The molecule has 0 unspecified atom stereocenters. The fourth-order valence-corrected chi connectivity index (χ4v) is 3.96. The van der Waals surface area contributed by atoms with Gasteiger partial charge in [-0.15, -0.1) is 5.10 Å². The van der Waals surface area contributed by atoms with Gasteiger partial charge in [0.25, 0.3) is 10.0 Å². The van der Waals surface area contributed by atoms with E-state index in [1.807, 2.05) is 20.8 Å². The molecule has 4 rings (SSSR count). The van der Waals surface area contributed by atoms with Crippen molar-refractivity contribution in [3.05, 3.63) is 72.5 Å². The molecule has 160 valence electrons. The molecule has 0 fully saturated rings. The Labute approximate surface area is 180 Å². The average Bonchev–Trinajstić information content (AvgIpc) is 3.38. The van der Waals surface area contributed by atoms with Crippen molar-refractivity contribution in [2.24, 2.45) is 0 Å². The summed E-state index contributed by atoms with van der Waals surface area (Å²) in [6, 6.07) is 17.3. The van der Waals surface area contributed by atoms with Gasteiger partial charge in [0.1, 0.15) is 0 Å². The Morgan fingerprint density at radius 1 is 1.03 bits per heavy atom. The smallest absolute Gasteiger partial charge is 0.336 e. The maximum absolute atomic E-state index is 12.6. The molecule has 2 aromatic carbocycles.